The molecule has 0 saturated carbocycles. The van der Waals surface area contributed by atoms with E-state index in [-0.39, 0.29) is 8.80 Å². The largest absolute Gasteiger partial charge is 0.132 e. The van der Waals surface area contributed by atoms with E-state index in [1.165, 1.54) is 15.6 Å². The third-order valence-electron chi connectivity index (χ3n) is 5.13. The van der Waals surface area contributed by atoms with E-state index in [9.17, 15) is 0 Å². The second-order valence-corrected chi connectivity index (χ2v) is 15.1. The molecule has 0 saturated heterocycles. The molecular formula is C24H32Si2. The molecule has 0 radical (unpaired) electrons. The zero-order chi connectivity index (χ0) is 19.0. The molecule has 0 nitrogen and oxygen atoms in total. The number of rotatable bonds is 3. The van der Waals surface area contributed by atoms with Crippen LogP contribution in [0.5, 0.6) is 0 Å². The quantitative estimate of drug-likeness (QED) is 0.474. The van der Waals surface area contributed by atoms with E-state index in [4.69, 9.17) is 0 Å². The van der Waals surface area contributed by atoms with E-state index < -0.39 is 8.80 Å². The van der Waals surface area contributed by atoms with Crippen LogP contribution in [0.1, 0.15) is 20.8 Å². The van der Waals surface area contributed by atoms with Gasteiger partial charge in [0.1, 0.15) is 8.80 Å². The summed E-state index contributed by atoms with van der Waals surface area (Å²) in [4.78, 5) is 0. The zero-order valence-corrected chi connectivity index (χ0v) is 19.1. The molecule has 0 unspecified atom stereocenters. The maximum atomic E-state index is 2.39. The van der Waals surface area contributed by atoms with Gasteiger partial charge in [0.05, 0.1) is 0 Å². The summed E-state index contributed by atoms with van der Waals surface area (Å²) in [7, 11) is -1.67. The summed E-state index contributed by atoms with van der Waals surface area (Å²) in [6.45, 7) is 11.7. The first kappa shape index (κ1) is 20.4. The minimum atomic E-state index is -1.31. The number of hydrogen-bond acceptors (Lipinski definition) is 0. The molecule has 2 heteroatoms. The van der Waals surface area contributed by atoms with E-state index in [0.29, 0.717) is 5.04 Å². The third kappa shape index (κ3) is 6.12. The van der Waals surface area contributed by atoms with Crippen LogP contribution in [-0.4, -0.2) is 17.6 Å². The van der Waals surface area contributed by atoms with Gasteiger partial charge in [0.2, 0.25) is 0 Å². The van der Waals surface area contributed by atoms with E-state index in [1.54, 1.807) is 0 Å². The molecule has 0 bridgehead atoms. The predicted octanol–water partition coefficient (Wildman–Crippen LogP) is 4.21. The van der Waals surface area contributed by atoms with Crippen molar-refractivity contribution in [3.63, 3.8) is 0 Å². The number of benzene rings is 3. The topological polar surface area (TPSA) is 0 Å². The molecule has 0 atom stereocenters. The van der Waals surface area contributed by atoms with Crippen molar-refractivity contribution in [2.45, 2.75) is 38.9 Å². The molecule has 3 aromatic rings. The minimum absolute atomic E-state index is 0.359. The van der Waals surface area contributed by atoms with Crippen LogP contribution < -0.4 is 15.6 Å². The van der Waals surface area contributed by atoms with Crippen LogP contribution in [-0.2, 0) is 0 Å². The van der Waals surface area contributed by atoms with Gasteiger partial charge in [0, 0.05) is 8.80 Å². The molecular weight excluding hydrogens is 344 g/mol. The van der Waals surface area contributed by atoms with Crippen LogP contribution in [0, 0.1) is 0 Å². The average molecular weight is 377 g/mol. The van der Waals surface area contributed by atoms with Crippen molar-refractivity contribution < 1.29 is 0 Å². The van der Waals surface area contributed by atoms with Crippen LogP contribution in [0.25, 0.3) is 0 Å². The van der Waals surface area contributed by atoms with Crippen LogP contribution in [0.3, 0.4) is 0 Å². The summed E-state index contributed by atoms with van der Waals surface area (Å²) >= 11 is 0. The highest BCUT2D eigenvalue weighted by molar-refractivity contribution is 6.95. The van der Waals surface area contributed by atoms with Gasteiger partial charge in [-0.3, -0.25) is 0 Å². The van der Waals surface area contributed by atoms with Gasteiger partial charge in [-0.1, -0.05) is 140 Å². The fourth-order valence-electron chi connectivity index (χ4n) is 2.51. The fourth-order valence-corrected chi connectivity index (χ4v) is 5.49. The lowest BCUT2D eigenvalue weighted by atomic mass is 10.2. The monoisotopic (exact) mass is 376 g/mol. The summed E-state index contributed by atoms with van der Waals surface area (Å²) < 4.78 is 0. The smallest absolute Gasteiger partial charge is 0.0718 e. The van der Waals surface area contributed by atoms with Crippen molar-refractivity contribution in [2.24, 2.45) is 0 Å². The van der Waals surface area contributed by atoms with Crippen molar-refractivity contribution in [2.75, 3.05) is 0 Å². The van der Waals surface area contributed by atoms with Gasteiger partial charge in [-0.25, -0.2) is 0 Å². The molecule has 3 rings (SSSR count). The molecule has 136 valence electrons. The standard InChI is InChI=1S/C18H16Si.C6H16Si/c1-4-10-16(11-5-1)19(17-12-6-2-7-13-17)18-14-8-3-9-15-18;1-6(2,3)7(4)5/h1-15,19H;7H,1-5H3. The molecule has 0 fully saturated rings. The Labute approximate surface area is 163 Å². The SMILES string of the molecule is C[SiH](C)C(C)(C)C.c1ccc([SiH](c2ccccc2)c2ccccc2)cc1. The Morgan fingerprint density at radius 3 is 0.923 bits per heavy atom. The van der Waals surface area contributed by atoms with E-state index >= 15 is 0 Å². The van der Waals surface area contributed by atoms with Gasteiger partial charge < -0.3 is 0 Å². The highest BCUT2D eigenvalue weighted by Crippen LogP contribution is 2.25. The predicted molar refractivity (Wildman–Crippen MR) is 124 cm³/mol. The van der Waals surface area contributed by atoms with Gasteiger partial charge in [0.25, 0.3) is 0 Å². The first-order valence-electron chi connectivity index (χ1n) is 9.54. The molecule has 0 aromatic heterocycles. The molecule has 0 N–H and O–H groups in total. The van der Waals surface area contributed by atoms with Crippen molar-refractivity contribution in [1.82, 2.24) is 0 Å². The fraction of sp³-hybridized carbons (Fsp3) is 0.250. The van der Waals surface area contributed by atoms with Crippen molar-refractivity contribution in [1.29, 1.82) is 0 Å². The molecule has 0 amide bonds. The van der Waals surface area contributed by atoms with Gasteiger partial charge in [-0.15, -0.1) is 0 Å². The Morgan fingerprint density at radius 2 is 0.731 bits per heavy atom. The Bertz CT molecular complexity index is 651. The molecule has 0 aliphatic heterocycles. The lowest BCUT2D eigenvalue weighted by Gasteiger charge is -2.21. The van der Waals surface area contributed by atoms with E-state index in [0.717, 1.165) is 0 Å². The zero-order valence-electron chi connectivity index (χ0n) is 16.8. The first-order valence-corrected chi connectivity index (χ1v) is 14.2. The second-order valence-electron chi connectivity index (χ2n) is 8.19. The van der Waals surface area contributed by atoms with E-state index in [2.05, 4.69) is 125 Å². The summed E-state index contributed by atoms with van der Waals surface area (Å²) in [6, 6.07) is 32.7. The summed E-state index contributed by atoms with van der Waals surface area (Å²) in [5.41, 5.74) is 0. The molecule has 0 aliphatic rings. The van der Waals surface area contributed by atoms with Crippen molar-refractivity contribution in [3.8, 4) is 0 Å². The van der Waals surface area contributed by atoms with Crippen LogP contribution in [0.2, 0.25) is 18.1 Å². The molecule has 0 aliphatic carbocycles. The van der Waals surface area contributed by atoms with Crippen molar-refractivity contribution in [3.05, 3.63) is 91.0 Å². The maximum Gasteiger partial charge on any atom is 0.132 e. The maximum absolute atomic E-state index is 2.39. The Hall–Kier alpha value is -1.91. The normalized spacial score (nSPS) is 11.2. The highest BCUT2D eigenvalue weighted by atomic mass is 28.3. The van der Waals surface area contributed by atoms with Crippen LogP contribution >= 0.6 is 0 Å². The molecule has 0 spiro atoms. The Balaban J connectivity index is 0.000000298. The Morgan fingerprint density at radius 1 is 0.500 bits per heavy atom. The van der Waals surface area contributed by atoms with Gasteiger partial charge in [-0.05, 0) is 5.04 Å². The van der Waals surface area contributed by atoms with Gasteiger partial charge in [-0.2, -0.15) is 0 Å². The lowest BCUT2D eigenvalue weighted by Crippen LogP contribution is -2.51. The van der Waals surface area contributed by atoms with Gasteiger partial charge in [0.15, 0.2) is 0 Å². The van der Waals surface area contributed by atoms with Crippen LogP contribution in [0.15, 0.2) is 91.0 Å². The van der Waals surface area contributed by atoms with E-state index in [1.807, 2.05) is 0 Å². The highest BCUT2D eigenvalue weighted by Gasteiger charge is 2.17. The van der Waals surface area contributed by atoms with Crippen LogP contribution in [0.4, 0.5) is 0 Å². The third-order valence-corrected chi connectivity index (χ3v) is 11.7. The molecule has 0 heterocycles. The second kappa shape index (κ2) is 9.70. The first-order chi connectivity index (χ1) is 12.4. The summed E-state index contributed by atoms with van der Waals surface area (Å²) in [6.07, 6.45) is 0. The summed E-state index contributed by atoms with van der Waals surface area (Å²) in [5.74, 6) is 0. The number of hydrogen-bond donors (Lipinski definition) is 0. The van der Waals surface area contributed by atoms with Gasteiger partial charge >= 0.3 is 0 Å². The average Bonchev–Trinajstić information content (AvgIpc) is 2.64. The van der Waals surface area contributed by atoms with Crippen molar-refractivity contribution >= 4 is 33.2 Å². The minimum Gasteiger partial charge on any atom is -0.0718 e. The Kier molecular flexibility index (Phi) is 7.61. The summed E-state index contributed by atoms with van der Waals surface area (Å²) in [5, 5.41) is 5.06. The lowest BCUT2D eigenvalue weighted by molar-refractivity contribution is 0.742. The molecule has 26 heavy (non-hydrogen) atoms. The molecule has 3 aromatic carbocycles.